The van der Waals surface area contributed by atoms with E-state index < -0.39 is 5.97 Å². The van der Waals surface area contributed by atoms with Crippen LogP contribution in [-0.2, 0) is 4.79 Å². The topological polar surface area (TPSA) is 75.0 Å². The van der Waals surface area contributed by atoms with Crippen LogP contribution in [0.2, 0.25) is 0 Å². The molecular weight excluding hydrogens is 300 g/mol. The van der Waals surface area contributed by atoms with Gasteiger partial charge in [-0.25, -0.2) is 4.98 Å². The quantitative estimate of drug-likeness (QED) is 0.732. The number of carbonyl (C=O) groups excluding carboxylic acids is 2. The highest BCUT2D eigenvalue weighted by atomic mass is 32.2. The molecule has 0 spiro atoms. The number of aliphatic carboxylic acids is 1. The van der Waals surface area contributed by atoms with Crippen LogP contribution < -0.4 is 5.11 Å². The van der Waals surface area contributed by atoms with Gasteiger partial charge in [-0.2, -0.15) is 0 Å². The molecule has 22 heavy (non-hydrogen) atoms. The molecule has 2 rings (SSSR count). The number of carboxylic acid groups (broad SMARTS) is 1. The number of imidazole rings is 1. The van der Waals surface area contributed by atoms with Gasteiger partial charge in [0.1, 0.15) is 0 Å². The molecule has 0 aliphatic heterocycles. The Hall–Kier alpha value is -1.82. The van der Waals surface area contributed by atoms with Crippen LogP contribution in [0.3, 0.4) is 0 Å². The number of carbonyl (C=O) groups is 2. The molecule has 0 saturated heterocycles. The molecule has 0 atom stereocenters. The first kappa shape index (κ1) is 16.5. The summed E-state index contributed by atoms with van der Waals surface area (Å²) in [7, 11) is 0. The monoisotopic (exact) mass is 319 g/mol. The molecule has 0 amide bonds. The van der Waals surface area contributed by atoms with E-state index in [0.29, 0.717) is 11.1 Å². The minimum absolute atomic E-state index is 0.0829. The molecule has 0 bridgehead atoms. The van der Waals surface area contributed by atoms with E-state index in [1.807, 2.05) is 24.3 Å². The van der Waals surface area contributed by atoms with Crippen molar-refractivity contribution < 1.29 is 14.7 Å². The van der Waals surface area contributed by atoms with E-state index in [-0.39, 0.29) is 18.7 Å². The molecule has 0 aliphatic carbocycles. The second-order valence-electron chi connectivity index (χ2n) is 5.52. The standard InChI is InChI=1S/C16H20N2O3S/c1-11(2)9-10-22-16-17-12-5-3-4-6-13(12)18(16)14(19)7-8-15(20)21/h3-6,11H,7-10H2,1-2H3,(H,20,21)/p-1. The van der Waals surface area contributed by atoms with Crippen LogP contribution in [-0.4, -0.2) is 27.2 Å². The Morgan fingerprint density at radius 2 is 2.00 bits per heavy atom. The third kappa shape index (κ3) is 4.10. The van der Waals surface area contributed by atoms with Gasteiger partial charge in [-0.15, -0.1) is 0 Å². The molecule has 1 aromatic carbocycles. The Labute approximate surface area is 133 Å². The number of carboxylic acids is 1. The van der Waals surface area contributed by atoms with Crippen molar-refractivity contribution in [3.63, 3.8) is 0 Å². The SMILES string of the molecule is CC(C)CCSc1nc2ccccc2n1C(=O)CCC(=O)[O-]. The smallest absolute Gasteiger partial charge is 0.233 e. The highest BCUT2D eigenvalue weighted by molar-refractivity contribution is 7.99. The summed E-state index contributed by atoms with van der Waals surface area (Å²) in [6, 6.07) is 7.39. The van der Waals surface area contributed by atoms with Crippen LogP contribution in [0.4, 0.5) is 0 Å². The van der Waals surface area contributed by atoms with Crippen molar-refractivity contribution in [1.29, 1.82) is 0 Å². The van der Waals surface area contributed by atoms with Gasteiger partial charge < -0.3 is 9.90 Å². The predicted molar refractivity (Wildman–Crippen MR) is 84.8 cm³/mol. The largest absolute Gasteiger partial charge is 0.550 e. The molecule has 0 unspecified atom stereocenters. The maximum atomic E-state index is 12.4. The van der Waals surface area contributed by atoms with Gasteiger partial charge in [0.05, 0.1) is 11.0 Å². The lowest BCUT2D eigenvalue weighted by molar-refractivity contribution is -0.305. The molecule has 0 N–H and O–H groups in total. The number of rotatable bonds is 7. The van der Waals surface area contributed by atoms with E-state index in [1.165, 1.54) is 16.3 Å². The summed E-state index contributed by atoms with van der Waals surface area (Å²) < 4.78 is 1.53. The van der Waals surface area contributed by atoms with Crippen molar-refractivity contribution in [2.24, 2.45) is 5.92 Å². The zero-order chi connectivity index (χ0) is 16.1. The highest BCUT2D eigenvalue weighted by Crippen LogP contribution is 2.25. The minimum Gasteiger partial charge on any atom is -0.550 e. The molecular formula is C16H19N2O3S-. The normalized spacial score (nSPS) is 11.2. The average Bonchev–Trinajstić information content (AvgIpc) is 2.82. The van der Waals surface area contributed by atoms with E-state index in [2.05, 4.69) is 18.8 Å². The number of hydrogen-bond donors (Lipinski definition) is 0. The average molecular weight is 319 g/mol. The Bertz CT molecular complexity index is 679. The van der Waals surface area contributed by atoms with Crippen LogP contribution in [0.1, 0.15) is 37.9 Å². The second kappa shape index (κ2) is 7.45. The van der Waals surface area contributed by atoms with Gasteiger partial charge in [0, 0.05) is 18.1 Å². The van der Waals surface area contributed by atoms with E-state index in [0.717, 1.165) is 23.2 Å². The lowest BCUT2D eigenvalue weighted by Gasteiger charge is -2.08. The summed E-state index contributed by atoms with van der Waals surface area (Å²) in [4.78, 5) is 27.4. The minimum atomic E-state index is -1.22. The molecule has 5 nitrogen and oxygen atoms in total. The summed E-state index contributed by atoms with van der Waals surface area (Å²) in [6.45, 7) is 4.29. The maximum absolute atomic E-state index is 12.4. The summed E-state index contributed by atoms with van der Waals surface area (Å²) >= 11 is 1.53. The number of benzene rings is 1. The Morgan fingerprint density at radius 1 is 1.27 bits per heavy atom. The molecule has 1 heterocycles. The molecule has 0 radical (unpaired) electrons. The van der Waals surface area contributed by atoms with E-state index in [4.69, 9.17) is 0 Å². The maximum Gasteiger partial charge on any atom is 0.233 e. The lowest BCUT2D eigenvalue weighted by atomic mass is 10.2. The summed E-state index contributed by atoms with van der Waals surface area (Å²) in [5.74, 6) is -0.0229. The zero-order valence-electron chi connectivity index (χ0n) is 12.7. The van der Waals surface area contributed by atoms with Crippen LogP contribution in [0.25, 0.3) is 11.0 Å². The first-order valence-corrected chi connectivity index (χ1v) is 8.31. The van der Waals surface area contributed by atoms with E-state index >= 15 is 0 Å². The first-order valence-electron chi connectivity index (χ1n) is 7.32. The molecule has 1 aromatic heterocycles. The molecule has 118 valence electrons. The highest BCUT2D eigenvalue weighted by Gasteiger charge is 2.16. The second-order valence-corrected chi connectivity index (χ2v) is 6.58. The lowest BCUT2D eigenvalue weighted by Crippen LogP contribution is -2.24. The zero-order valence-corrected chi connectivity index (χ0v) is 13.6. The number of nitrogens with zero attached hydrogens (tertiary/aromatic N) is 2. The van der Waals surface area contributed by atoms with Crippen molar-refractivity contribution in [3.8, 4) is 0 Å². The van der Waals surface area contributed by atoms with E-state index in [1.54, 1.807) is 0 Å². The molecule has 2 aromatic rings. The van der Waals surface area contributed by atoms with Gasteiger partial charge in [-0.3, -0.25) is 9.36 Å². The van der Waals surface area contributed by atoms with Gasteiger partial charge in [0.2, 0.25) is 5.91 Å². The number of hydrogen-bond acceptors (Lipinski definition) is 5. The van der Waals surface area contributed by atoms with Crippen LogP contribution in [0, 0.1) is 5.92 Å². The van der Waals surface area contributed by atoms with Gasteiger partial charge >= 0.3 is 0 Å². The van der Waals surface area contributed by atoms with Gasteiger partial charge in [-0.05, 0) is 30.9 Å². The summed E-state index contributed by atoms with van der Waals surface area (Å²) in [5, 5.41) is 11.2. The molecule has 0 fully saturated rings. The fourth-order valence-corrected chi connectivity index (χ4v) is 3.31. The molecule has 6 heteroatoms. The predicted octanol–water partition coefficient (Wildman–Crippen LogP) is 2.34. The number of fused-ring (bicyclic) bond motifs is 1. The Balaban J connectivity index is 2.27. The van der Waals surface area contributed by atoms with Crippen molar-refractivity contribution >= 4 is 34.7 Å². The van der Waals surface area contributed by atoms with Crippen LogP contribution in [0.5, 0.6) is 0 Å². The van der Waals surface area contributed by atoms with Crippen molar-refractivity contribution in [1.82, 2.24) is 9.55 Å². The fraction of sp³-hybridized carbons (Fsp3) is 0.438. The van der Waals surface area contributed by atoms with Crippen molar-refractivity contribution in [2.75, 3.05) is 5.75 Å². The molecule has 0 saturated carbocycles. The number of para-hydroxylation sites is 2. The Kier molecular flexibility index (Phi) is 5.60. The van der Waals surface area contributed by atoms with Crippen molar-refractivity contribution in [2.45, 2.75) is 38.3 Å². The Morgan fingerprint density at radius 3 is 2.68 bits per heavy atom. The molecule has 0 aliphatic rings. The first-order chi connectivity index (χ1) is 10.5. The summed E-state index contributed by atoms with van der Waals surface area (Å²) in [5.41, 5.74) is 1.47. The van der Waals surface area contributed by atoms with Crippen molar-refractivity contribution in [3.05, 3.63) is 24.3 Å². The van der Waals surface area contributed by atoms with Gasteiger partial charge in [0.25, 0.3) is 0 Å². The van der Waals surface area contributed by atoms with E-state index in [9.17, 15) is 14.7 Å². The van der Waals surface area contributed by atoms with Gasteiger partial charge in [-0.1, -0.05) is 37.7 Å². The third-order valence-electron chi connectivity index (χ3n) is 3.25. The fourth-order valence-electron chi connectivity index (χ4n) is 2.05. The number of aromatic nitrogens is 2. The van der Waals surface area contributed by atoms with Crippen LogP contribution >= 0.6 is 11.8 Å². The summed E-state index contributed by atoms with van der Waals surface area (Å²) in [6.07, 6.45) is 0.670. The number of thioether (sulfide) groups is 1. The van der Waals surface area contributed by atoms with Crippen LogP contribution in [0.15, 0.2) is 29.4 Å². The third-order valence-corrected chi connectivity index (χ3v) is 4.22. The van der Waals surface area contributed by atoms with Gasteiger partial charge in [0.15, 0.2) is 5.16 Å².